The Kier molecular flexibility index (Phi) is 3.93. The molecule has 0 spiro atoms. The number of halogens is 2. The quantitative estimate of drug-likeness (QED) is 0.709. The van der Waals surface area contributed by atoms with Gasteiger partial charge in [-0.2, -0.15) is 0 Å². The van der Waals surface area contributed by atoms with Gasteiger partial charge in [-0.1, -0.05) is 36.4 Å². The van der Waals surface area contributed by atoms with Gasteiger partial charge in [-0.05, 0) is 42.0 Å². The first-order valence-corrected chi connectivity index (χ1v) is 7.29. The van der Waals surface area contributed by atoms with Crippen molar-refractivity contribution in [1.29, 1.82) is 0 Å². The lowest BCUT2D eigenvalue weighted by atomic mass is 10.0. The molecule has 0 amide bonds. The fourth-order valence-corrected chi connectivity index (χ4v) is 2.38. The summed E-state index contributed by atoms with van der Waals surface area (Å²) >= 11 is 6.39. The Morgan fingerprint density at radius 3 is 2.50 bits per heavy atom. The maximum Gasteiger partial charge on any atom is 0.165 e. The average Bonchev–Trinajstić information content (AvgIpc) is 3.30. The highest BCUT2D eigenvalue weighted by molar-refractivity contribution is 6.22. The van der Waals surface area contributed by atoms with Crippen molar-refractivity contribution in [3.05, 3.63) is 65.5 Å². The van der Waals surface area contributed by atoms with Gasteiger partial charge in [0.15, 0.2) is 11.6 Å². The van der Waals surface area contributed by atoms with Gasteiger partial charge in [0.1, 0.15) is 0 Å². The van der Waals surface area contributed by atoms with Crippen molar-refractivity contribution >= 4 is 11.6 Å². The van der Waals surface area contributed by atoms with E-state index in [4.69, 9.17) is 16.3 Å². The third-order valence-corrected chi connectivity index (χ3v) is 4.02. The summed E-state index contributed by atoms with van der Waals surface area (Å²) in [6.45, 7) is 0.610. The SMILES string of the molecule is Fc1cc(C(Cl)c2ccccc2)ccc1OCC1CC1. The number of benzene rings is 2. The summed E-state index contributed by atoms with van der Waals surface area (Å²) in [6.07, 6.45) is 2.38. The second kappa shape index (κ2) is 5.84. The molecule has 20 heavy (non-hydrogen) atoms. The molecular formula is C17H16ClFO. The van der Waals surface area contributed by atoms with Gasteiger partial charge < -0.3 is 4.74 Å². The Morgan fingerprint density at radius 2 is 1.85 bits per heavy atom. The third-order valence-electron chi connectivity index (χ3n) is 3.51. The number of ether oxygens (including phenoxy) is 1. The van der Waals surface area contributed by atoms with Crippen LogP contribution in [0.3, 0.4) is 0 Å². The van der Waals surface area contributed by atoms with Crippen LogP contribution in [0, 0.1) is 11.7 Å². The van der Waals surface area contributed by atoms with Gasteiger partial charge in [-0.25, -0.2) is 4.39 Å². The normalized spacial score (nSPS) is 15.9. The van der Waals surface area contributed by atoms with E-state index in [0.29, 0.717) is 18.3 Å². The maximum atomic E-state index is 14.0. The zero-order valence-electron chi connectivity index (χ0n) is 11.1. The zero-order chi connectivity index (χ0) is 13.9. The van der Waals surface area contributed by atoms with E-state index < -0.39 is 0 Å². The lowest BCUT2D eigenvalue weighted by Crippen LogP contribution is -2.02. The standard InChI is InChI=1S/C17H16ClFO/c18-17(13-4-2-1-3-5-13)14-8-9-16(15(19)10-14)20-11-12-6-7-12/h1-5,8-10,12,17H,6-7,11H2. The molecule has 1 atom stereocenters. The Labute approximate surface area is 123 Å². The highest BCUT2D eigenvalue weighted by Crippen LogP contribution is 2.33. The average molecular weight is 291 g/mol. The van der Waals surface area contributed by atoms with Gasteiger partial charge >= 0.3 is 0 Å². The van der Waals surface area contributed by atoms with Crippen LogP contribution in [0.4, 0.5) is 4.39 Å². The zero-order valence-corrected chi connectivity index (χ0v) is 11.8. The number of alkyl halides is 1. The van der Waals surface area contributed by atoms with Crippen LogP contribution in [-0.2, 0) is 0 Å². The molecule has 104 valence electrons. The minimum atomic E-state index is -0.344. The van der Waals surface area contributed by atoms with Gasteiger partial charge in [-0.3, -0.25) is 0 Å². The van der Waals surface area contributed by atoms with Crippen molar-refractivity contribution in [2.75, 3.05) is 6.61 Å². The third kappa shape index (κ3) is 3.13. The van der Waals surface area contributed by atoms with Crippen molar-refractivity contribution in [2.45, 2.75) is 18.2 Å². The topological polar surface area (TPSA) is 9.23 Å². The predicted molar refractivity (Wildman–Crippen MR) is 78.8 cm³/mol. The highest BCUT2D eigenvalue weighted by Gasteiger charge is 2.22. The fourth-order valence-electron chi connectivity index (χ4n) is 2.10. The van der Waals surface area contributed by atoms with Crippen LogP contribution in [0.5, 0.6) is 5.75 Å². The summed E-state index contributed by atoms with van der Waals surface area (Å²) in [5, 5.41) is -0.344. The predicted octanol–water partition coefficient (Wildman–Crippen LogP) is 4.94. The molecule has 1 saturated carbocycles. The molecule has 3 rings (SSSR count). The summed E-state index contributed by atoms with van der Waals surface area (Å²) < 4.78 is 19.5. The Balaban J connectivity index is 1.75. The number of rotatable bonds is 5. The van der Waals surface area contributed by atoms with E-state index in [1.165, 1.54) is 18.9 Å². The van der Waals surface area contributed by atoms with E-state index in [1.807, 2.05) is 36.4 Å². The van der Waals surface area contributed by atoms with Crippen LogP contribution in [0.15, 0.2) is 48.5 Å². The molecule has 1 fully saturated rings. The Morgan fingerprint density at radius 1 is 1.10 bits per heavy atom. The van der Waals surface area contributed by atoms with Crippen LogP contribution in [-0.4, -0.2) is 6.61 Å². The largest absolute Gasteiger partial charge is 0.490 e. The smallest absolute Gasteiger partial charge is 0.165 e. The van der Waals surface area contributed by atoms with Gasteiger partial charge in [0, 0.05) is 0 Å². The minimum Gasteiger partial charge on any atom is -0.490 e. The van der Waals surface area contributed by atoms with Gasteiger partial charge in [0.05, 0.1) is 12.0 Å². The highest BCUT2D eigenvalue weighted by atomic mass is 35.5. The van der Waals surface area contributed by atoms with Gasteiger partial charge in [0.25, 0.3) is 0 Å². The first-order valence-electron chi connectivity index (χ1n) is 6.85. The van der Waals surface area contributed by atoms with Crippen molar-refractivity contribution in [3.63, 3.8) is 0 Å². The molecule has 1 aliphatic carbocycles. The van der Waals surface area contributed by atoms with Crippen molar-refractivity contribution in [1.82, 2.24) is 0 Å². The Bertz CT molecular complexity index is 581. The van der Waals surface area contributed by atoms with Gasteiger partial charge in [0.2, 0.25) is 0 Å². The lowest BCUT2D eigenvalue weighted by Gasteiger charge is -2.12. The van der Waals surface area contributed by atoms with Crippen LogP contribution >= 0.6 is 11.6 Å². The molecule has 3 heteroatoms. The van der Waals surface area contributed by atoms with E-state index in [0.717, 1.165) is 11.1 Å². The fraction of sp³-hybridized carbons (Fsp3) is 0.294. The van der Waals surface area contributed by atoms with E-state index in [9.17, 15) is 4.39 Å². The molecule has 1 aliphatic rings. The molecule has 0 radical (unpaired) electrons. The molecule has 0 saturated heterocycles. The van der Waals surface area contributed by atoms with Crippen LogP contribution in [0.2, 0.25) is 0 Å². The van der Waals surface area contributed by atoms with Crippen molar-refractivity contribution in [2.24, 2.45) is 5.92 Å². The molecule has 0 N–H and O–H groups in total. The summed E-state index contributed by atoms with van der Waals surface area (Å²) in [4.78, 5) is 0. The van der Waals surface area contributed by atoms with Crippen LogP contribution in [0.25, 0.3) is 0 Å². The van der Waals surface area contributed by atoms with Crippen LogP contribution < -0.4 is 4.74 Å². The van der Waals surface area contributed by atoms with E-state index in [2.05, 4.69) is 0 Å². The molecule has 1 unspecified atom stereocenters. The maximum absolute atomic E-state index is 14.0. The second-order valence-corrected chi connectivity index (χ2v) is 5.65. The summed E-state index contributed by atoms with van der Waals surface area (Å²) in [5.41, 5.74) is 1.70. The lowest BCUT2D eigenvalue weighted by molar-refractivity contribution is 0.285. The van der Waals surface area contributed by atoms with E-state index >= 15 is 0 Å². The number of hydrogen-bond acceptors (Lipinski definition) is 1. The second-order valence-electron chi connectivity index (χ2n) is 5.22. The minimum absolute atomic E-state index is 0.317. The Hall–Kier alpha value is -1.54. The molecule has 1 nitrogen and oxygen atoms in total. The summed E-state index contributed by atoms with van der Waals surface area (Å²) in [5.74, 6) is 0.585. The molecule has 0 aliphatic heterocycles. The van der Waals surface area contributed by atoms with E-state index in [-0.39, 0.29) is 11.2 Å². The van der Waals surface area contributed by atoms with Crippen molar-refractivity contribution < 1.29 is 9.13 Å². The first-order chi connectivity index (χ1) is 9.74. The first kappa shape index (κ1) is 13.4. The van der Waals surface area contributed by atoms with E-state index in [1.54, 1.807) is 6.07 Å². The monoisotopic (exact) mass is 290 g/mol. The molecule has 2 aromatic rings. The molecular weight excluding hydrogens is 275 g/mol. The van der Waals surface area contributed by atoms with Crippen LogP contribution in [0.1, 0.15) is 29.3 Å². The molecule has 0 bridgehead atoms. The summed E-state index contributed by atoms with van der Waals surface area (Å²) in [6, 6.07) is 14.6. The number of hydrogen-bond donors (Lipinski definition) is 0. The van der Waals surface area contributed by atoms with Gasteiger partial charge in [-0.15, -0.1) is 11.6 Å². The van der Waals surface area contributed by atoms with Crippen molar-refractivity contribution in [3.8, 4) is 5.75 Å². The summed E-state index contributed by atoms with van der Waals surface area (Å²) in [7, 11) is 0. The molecule has 0 aromatic heterocycles. The molecule has 0 heterocycles. The molecule has 2 aromatic carbocycles.